The van der Waals surface area contributed by atoms with Gasteiger partial charge in [0.2, 0.25) is 5.95 Å². The minimum atomic E-state index is -1.53. The van der Waals surface area contributed by atoms with Gasteiger partial charge in [-0.05, 0) is 19.1 Å². The van der Waals surface area contributed by atoms with Gasteiger partial charge in [0, 0.05) is 48.1 Å². The summed E-state index contributed by atoms with van der Waals surface area (Å²) in [6.07, 6.45) is 6.95. The van der Waals surface area contributed by atoms with Crippen molar-refractivity contribution in [1.82, 2.24) is 29.4 Å². The highest BCUT2D eigenvalue weighted by atomic mass is 16.3. The Balaban J connectivity index is 1.50. The van der Waals surface area contributed by atoms with Gasteiger partial charge in [0.25, 0.3) is 5.91 Å². The standard InChI is InChI=1S/C18H16N8O2/c1-18(28)12-4-3-11(7-13(12)22-16(18)27)21-17-23-15-14(10-8-20-25(2)9-10)19-5-6-26(15)24-17/h3-9,28H,1-2H3,(H,21,24)(H,22,27). The molecular weight excluding hydrogens is 360 g/mol. The van der Waals surface area contributed by atoms with Crippen molar-refractivity contribution in [1.29, 1.82) is 0 Å². The number of hydrogen-bond donors (Lipinski definition) is 3. The van der Waals surface area contributed by atoms with Crippen LogP contribution in [0, 0.1) is 0 Å². The first kappa shape index (κ1) is 16.4. The lowest BCUT2D eigenvalue weighted by molar-refractivity contribution is -0.131. The van der Waals surface area contributed by atoms with Crippen LogP contribution in [-0.2, 0) is 17.4 Å². The SMILES string of the molecule is Cn1cc(-c2nccn3nc(Nc4ccc5c(c4)NC(=O)C5(C)O)nc23)cn1. The second-order valence-corrected chi connectivity index (χ2v) is 6.79. The first-order chi connectivity index (χ1) is 13.4. The smallest absolute Gasteiger partial charge is 0.260 e. The topological polar surface area (TPSA) is 122 Å². The molecule has 1 unspecified atom stereocenters. The van der Waals surface area contributed by atoms with Crippen LogP contribution in [-0.4, -0.2) is 40.4 Å². The fraction of sp³-hybridized carbons (Fsp3) is 0.167. The Bertz CT molecular complexity index is 1240. The number of carbonyl (C=O) groups is 1. The molecule has 5 rings (SSSR count). The van der Waals surface area contributed by atoms with Gasteiger partial charge >= 0.3 is 0 Å². The van der Waals surface area contributed by atoms with E-state index < -0.39 is 11.5 Å². The van der Waals surface area contributed by atoms with Gasteiger partial charge in [-0.25, -0.2) is 4.52 Å². The lowest BCUT2D eigenvalue weighted by Gasteiger charge is -2.13. The summed E-state index contributed by atoms with van der Waals surface area (Å²) in [5.74, 6) is -0.0631. The van der Waals surface area contributed by atoms with Gasteiger partial charge in [-0.1, -0.05) is 6.07 Å². The van der Waals surface area contributed by atoms with Crippen molar-refractivity contribution in [3.63, 3.8) is 0 Å². The number of benzene rings is 1. The minimum absolute atomic E-state index is 0.383. The average molecular weight is 376 g/mol. The summed E-state index contributed by atoms with van der Waals surface area (Å²) in [5, 5.41) is 24.7. The number of amides is 1. The molecular formula is C18H16N8O2. The van der Waals surface area contributed by atoms with Crippen LogP contribution in [0.5, 0.6) is 0 Å². The van der Waals surface area contributed by atoms with Crippen LogP contribution in [0.15, 0.2) is 43.0 Å². The van der Waals surface area contributed by atoms with E-state index in [1.54, 1.807) is 46.0 Å². The highest BCUT2D eigenvalue weighted by molar-refractivity contribution is 6.05. The zero-order valence-corrected chi connectivity index (χ0v) is 15.1. The number of anilines is 3. The van der Waals surface area contributed by atoms with Gasteiger partial charge < -0.3 is 15.7 Å². The predicted octanol–water partition coefficient (Wildman–Crippen LogP) is 1.43. The zero-order valence-electron chi connectivity index (χ0n) is 15.1. The Labute approximate surface area is 158 Å². The minimum Gasteiger partial charge on any atom is -0.375 e. The third-order valence-corrected chi connectivity index (χ3v) is 4.72. The van der Waals surface area contributed by atoms with Crippen molar-refractivity contribution < 1.29 is 9.90 Å². The predicted molar refractivity (Wildman–Crippen MR) is 101 cm³/mol. The molecule has 0 bridgehead atoms. The second-order valence-electron chi connectivity index (χ2n) is 6.79. The van der Waals surface area contributed by atoms with E-state index in [4.69, 9.17) is 0 Å². The largest absolute Gasteiger partial charge is 0.375 e. The molecule has 0 saturated heterocycles. The van der Waals surface area contributed by atoms with Crippen molar-refractivity contribution in [3.05, 3.63) is 48.5 Å². The highest BCUT2D eigenvalue weighted by Crippen LogP contribution is 2.37. The molecule has 4 aromatic rings. The van der Waals surface area contributed by atoms with E-state index in [9.17, 15) is 9.90 Å². The van der Waals surface area contributed by atoms with Gasteiger partial charge in [0.1, 0.15) is 5.69 Å². The Morgan fingerprint density at radius 1 is 1.32 bits per heavy atom. The number of aromatic nitrogens is 6. The van der Waals surface area contributed by atoms with Gasteiger partial charge in [-0.3, -0.25) is 14.5 Å². The van der Waals surface area contributed by atoms with Crippen LogP contribution in [0.25, 0.3) is 16.9 Å². The molecule has 3 aromatic heterocycles. The summed E-state index contributed by atoms with van der Waals surface area (Å²) >= 11 is 0. The fourth-order valence-corrected chi connectivity index (χ4v) is 3.26. The number of carbonyl (C=O) groups excluding carboxylic acids is 1. The molecule has 1 atom stereocenters. The van der Waals surface area contributed by atoms with Gasteiger partial charge in [0.05, 0.1) is 6.20 Å². The first-order valence-electron chi connectivity index (χ1n) is 8.57. The molecule has 1 amide bonds. The molecule has 0 spiro atoms. The van der Waals surface area contributed by atoms with Crippen LogP contribution in [0.3, 0.4) is 0 Å². The Morgan fingerprint density at radius 3 is 2.96 bits per heavy atom. The van der Waals surface area contributed by atoms with E-state index >= 15 is 0 Å². The monoisotopic (exact) mass is 376 g/mol. The number of fused-ring (bicyclic) bond motifs is 2. The summed E-state index contributed by atoms with van der Waals surface area (Å²) in [5.41, 5.74) is 2.36. The van der Waals surface area contributed by atoms with Crippen molar-refractivity contribution in [2.45, 2.75) is 12.5 Å². The van der Waals surface area contributed by atoms with Crippen LogP contribution >= 0.6 is 0 Å². The number of rotatable bonds is 3. The molecule has 0 radical (unpaired) electrons. The number of aliphatic hydroxyl groups is 1. The van der Waals surface area contributed by atoms with Crippen molar-refractivity contribution >= 4 is 28.9 Å². The molecule has 140 valence electrons. The molecule has 10 heteroatoms. The van der Waals surface area contributed by atoms with Crippen molar-refractivity contribution in [3.8, 4) is 11.3 Å². The van der Waals surface area contributed by atoms with Crippen molar-refractivity contribution in [2.75, 3.05) is 10.6 Å². The summed E-state index contributed by atoms with van der Waals surface area (Å²) in [6.45, 7) is 1.47. The molecule has 28 heavy (non-hydrogen) atoms. The van der Waals surface area contributed by atoms with Gasteiger partial charge in [-0.15, -0.1) is 5.10 Å². The maximum atomic E-state index is 11.9. The summed E-state index contributed by atoms with van der Waals surface area (Å²) in [6, 6.07) is 5.20. The number of nitrogens with zero attached hydrogens (tertiary/aromatic N) is 6. The number of aryl methyl sites for hydroxylation is 1. The molecule has 1 aliphatic heterocycles. The molecule has 10 nitrogen and oxygen atoms in total. The molecule has 1 aromatic carbocycles. The van der Waals surface area contributed by atoms with Crippen LogP contribution in [0.2, 0.25) is 0 Å². The van der Waals surface area contributed by atoms with E-state index in [0.29, 0.717) is 34.2 Å². The highest BCUT2D eigenvalue weighted by Gasteiger charge is 2.40. The van der Waals surface area contributed by atoms with Crippen LogP contribution in [0.4, 0.5) is 17.3 Å². The third kappa shape index (κ3) is 2.42. The molecule has 1 aliphatic rings. The van der Waals surface area contributed by atoms with Crippen molar-refractivity contribution in [2.24, 2.45) is 7.05 Å². The molecule has 3 N–H and O–H groups in total. The van der Waals surface area contributed by atoms with Gasteiger partial charge in [-0.2, -0.15) is 10.1 Å². The van der Waals surface area contributed by atoms with Gasteiger partial charge in [0.15, 0.2) is 11.2 Å². The fourth-order valence-electron chi connectivity index (χ4n) is 3.26. The van der Waals surface area contributed by atoms with E-state index in [1.165, 1.54) is 6.92 Å². The van der Waals surface area contributed by atoms with E-state index in [-0.39, 0.29) is 0 Å². The maximum absolute atomic E-state index is 11.9. The van der Waals surface area contributed by atoms with E-state index in [2.05, 4.69) is 30.8 Å². The Hall–Kier alpha value is -3.79. The number of hydrogen-bond acceptors (Lipinski definition) is 7. The molecule has 0 aliphatic carbocycles. The normalized spacial score (nSPS) is 18.3. The average Bonchev–Trinajstić information content (AvgIpc) is 3.31. The van der Waals surface area contributed by atoms with Crippen LogP contribution in [0.1, 0.15) is 12.5 Å². The Morgan fingerprint density at radius 2 is 2.18 bits per heavy atom. The first-order valence-corrected chi connectivity index (χ1v) is 8.57. The van der Waals surface area contributed by atoms with E-state index in [1.807, 2.05) is 13.2 Å². The molecule has 4 heterocycles. The van der Waals surface area contributed by atoms with E-state index in [0.717, 1.165) is 5.56 Å². The summed E-state index contributed by atoms with van der Waals surface area (Å²) < 4.78 is 3.33. The maximum Gasteiger partial charge on any atom is 0.260 e. The molecule has 0 fully saturated rings. The summed E-state index contributed by atoms with van der Waals surface area (Å²) in [4.78, 5) is 20.8. The lowest BCUT2D eigenvalue weighted by atomic mass is 9.98. The number of nitrogens with one attached hydrogen (secondary N) is 2. The summed E-state index contributed by atoms with van der Waals surface area (Å²) in [7, 11) is 1.84. The Kier molecular flexibility index (Phi) is 3.28. The second kappa shape index (κ2) is 5.60. The quantitative estimate of drug-likeness (QED) is 0.494. The lowest BCUT2D eigenvalue weighted by Crippen LogP contribution is -2.30. The van der Waals surface area contributed by atoms with Crippen LogP contribution < -0.4 is 10.6 Å². The zero-order chi connectivity index (χ0) is 19.5. The third-order valence-electron chi connectivity index (χ3n) is 4.72. The molecule has 0 saturated carbocycles.